The Morgan fingerprint density at radius 1 is 0.851 bits per heavy atom. The smallest absolute Gasteiger partial charge is 0.408 e. The van der Waals surface area contributed by atoms with Gasteiger partial charge >= 0.3 is 12.1 Å². The molecule has 5 aromatic rings. The van der Waals surface area contributed by atoms with Crippen LogP contribution in [0.1, 0.15) is 31.2 Å². The maximum atomic E-state index is 14.0. The van der Waals surface area contributed by atoms with Gasteiger partial charge < -0.3 is 34.5 Å². The van der Waals surface area contributed by atoms with Crippen molar-refractivity contribution in [2.45, 2.75) is 38.6 Å². The van der Waals surface area contributed by atoms with Crippen LogP contribution in [0.25, 0.3) is 22.3 Å². The molecular weight excluding hydrogens is 600 g/mol. The molecule has 2 bridgehead atoms. The fourth-order valence-corrected chi connectivity index (χ4v) is 5.70. The highest BCUT2D eigenvalue weighted by Crippen LogP contribution is 2.49. The zero-order valence-electron chi connectivity index (χ0n) is 25.9. The maximum Gasteiger partial charge on any atom is 0.408 e. The van der Waals surface area contributed by atoms with Gasteiger partial charge in [-0.1, -0.05) is 91.0 Å². The van der Waals surface area contributed by atoms with Crippen LogP contribution in [0.2, 0.25) is 0 Å². The summed E-state index contributed by atoms with van der Waals surface area (Å²) in [5.74, 6) is -0.401. The SMILES string of the molecule is CC(OC(=O)[C@](C)(Cc1cc2c(-c3ccccc3)c(-c3ccccc3)c1OCO2)NC(=O)OCc1ccccc1)n1c(O)ccc1O. The molecule has 1 unspecified atom stereocenters. The fraction of sp³-hybridized carbons (Fsp3) is 0.189. The lowest BCUT2D eigenvalue weighted by Gasteiger charge is -2.31. The topological polar surface area (TPSA) is 128 Å². The first-order valence-corrected chi connectivity index (χ1v) is 15.1. The van der Waals surface area contributed by atoms with E-state index in [1.165, 1.54) is 26.0 Å². The average Bonchev–Trinajstić information content (AvgIpc) is 3.21. The summed E-state index contributed by atoms with van der Waals surface area (Å²) in [6.45, 7) is 2.93. The summed E-state index contributed by atoms with van der Waals surface area (Å²) in [5.41, 5.74) is 3.05. The van der Waals surface area contributed by atoms with Crippen molar-refractivity contribution in [1.82, 2.24) is 9.88 Å². The van der Waals surface area contributed by atoms with Gasteiger partial charge in [-0.25, -0.2) is 14.2 Å². The summed E-state index contributed by atoms with van der Waals surface area (Å²) in [6, 6.07) is 33.0. The second-order valence-corrected chi connectivity index (χ2v) is 11.4. The van der Waals surface area contributed by atoms with E-state index in [0.29, 0.717) is 17.1 Å². The van der Waals surface area contributed by atoms with Crippen LogP contribution in [0.4, 0.5) is 4.79 Å². The monoisotopic (exact) mass is 634 g/mol. The number of esters is 1. The van der Waals surface area contributed by atoms with E-state index < -0.39 is 23.8 Å². The lowest BCUT2D eigenvalue weighted by atomic mass is 9.86. The van der Waals surface area contributed by atoms with E-state index in [-0.39, 0.29) is 31.6 Å². The van der Waals surface area contributed by atoms with Gasteiger partial charge in [0.15, 0.2) is 18.0 Å². The molecule has 2 atom stereocenters. The third kappa shape index (κ3) is 6.57. The highest BCUT2D eigenvalue weighted by molar-refractivity contribution is 5.93. The summed E-state index contributed by atoms with van der Waals surface area (Å²) in [5, 5.41) is 23.2. The maximum absolute atomic E-state index is 14.0. The van der Waals surface area contributed by atoms with E-state index in [0.717, 1.165) is 32.4 Å². The van der Waals surface area contributed by atoms with Crippen LogP contribution in [0.5, 0.6) is 23.3 Å². The summed E-state index contributed by atoms with van der Waals surface area (Å²) < 4.78 is 24.6. The minimum atomic E-state index is -1.71. The largest absolute Gasteiger partial charge is 0.494 e. The number of aromatic hydroxyl groups is 2. The zero-order chi connectivity index (χ0) is 33.0. The number of benzene rings is 4. The number of alkyl carbamates (subject to hydrolysis) is 1. The molecule has 7 rings (SSSR count). The molecule has 0 saturated carbocycles. The van der Waals surface area contributed by atoms with Crippen LogP contribution < -0.4 is 14.8 Å². The highest BCUT2D eigenvalue weighted by Gasteiger charge is 2.41. The van der Waals surface area contributed by atoms with Crippen LogP contribution in [-0.4, -0.2) is 39.2 Å². The van der Waals surface area contributed by atoms with Crippen molar-refractivity contribution in [3.05, 3.63) is 120 Å². The molecule has 10 nitrogen and oxygen atoms in total. The second kappa shape index (κ2) is 13.2. The minimum absolute atomic E-state index is 0.0183. The molecule has 47 heavy (non-hydrogen) atoms. The van der Waals surface area contributed by atoms with E-state index >= 15 is 0 Å². The Hall–Kier alpha value is -5.90. The van der Waals surface area contributed by atoms with Crippen molar-refractivity contribution < 1.29 is 38.7 Å². The summed E-state index contributed by atoms with van der Waals surface area (Å²) in [6.07, 6.45) is -2.04. The second-order valence-electron chi connectivity index (χ2n) is 11.4. The number of nitrogens with zero attached hydrogens (tertiary/aromatic N) is 1. The standard InChI is InChI=1S/C37H34N2O8/c1-24(39-30(40)18-19-31(39)41)47-35(42)37(2,38-36(43)44-22-25-12-6-3-7-13-25)21-28-20-29-32(26-14-8-4-9-15-26)33(34(28)46-23-45-29)27-16-10-5-11-17-27/h3-20,24,40-41H,21-23H2,1-2H3,(H,38,43)/t24?,37-/m0/s1. The molecule has 2 aliphatic heterocycles. The van der Waals surface area contributed by atoms with Crippen molar-refractivity contribution in [2.24, 2.45) is 0 Å². The number of rotatable bonds is 10. The van der Waals surface area contributed by atoms with Gasteiger partial charge in [0.25, 0.3) is 0 Å². The number of carbonyl (C=O) groups is 2. The number of carbonyl (C=O) groups excluding carboxylic acids is 2. The van der Waals surface area contributed by atoms with Gasteiger partial charge in [-0.3, -0.25) is 0 Å². The van der Waals surface area contributed by atoms with Crippen molar-refractivity contribution in [3.63, 3.8) is 0 Å². The molecular formula is C37H34N2O8. The zero-order valence-corrected chi connectivity index (χ0v) is 25.9. The Labute approximate surface area is 271 Å². The van der Waals surface area contributed by atoms with Crippen LogP contribution in [0.3, 0.4) is 0 Å². The minimum Gasteiger partial charge on any atom is -0.494 e. The molecule has 1 aromatic heterocycles. The molecule has 0 aliphatic carbocycles. The lowest BCUT2D eigenvalue weighted by Crippen LogP contribution is -2.55. The number of amides is 1. The number of fused-ring (bicyclic) bond motifs is 4. The predicted molar refractivity (Wildman–Crippen MR) is 174 cm³/mol. The van der Waals surface area contributed by atoms with Crippen molar-refractivity contribution >= 4 is 12.1 Å². The molecule has 0 saturated heterocycles. The first-order valence-electron chi connectivity index (χ1n) is 15.1. The van der Waals surface area contributed by atoms with Gasteiger partial charge in [0.1, 0.15) is 23.6 Å². The van der Waals surface area contributed by atoms with E-state index in [1.54, 1.807) is 0 Å². The summed E-state index contributed by atoms with van der Waals surface area (Å²) in [4.78, 5) is 27.2. The molecule has 3 N–H and O–H groups in total. The summed E-state index contributed by atoms with van der Waals surface area (Å²) in [7, 11) is 0. The number of ether oxygens (including phenoxy) is 4. The third-order valence-electron chi connectivity index (χ3n) is 7.96. The molecule has 1 amide bonds. The van der Waals surface area contributed by atoms with Crippen LogP contribution in [-0.2, 0) is 27.3 Å². The molecule has 10 heteroatoms. The van der Waals surface area contributed by atoms with Gasteiger partial charge in [0, 0.05) is 35.2 Å². The average molecular weight is 635 g/mol. The van der Waals surface area contributed by atoms with Crippen LogP contribution in [0.15, 0.2) is 109 Å². The first-order chi connectivity index (χ1) is 22.7. The first kappa shape index (κ1) is 31.1. The Morgan fingerprint density at radius 3 is 2.04 bits per heavy atom. The van der Waals surface area contributed by atoms with Gasteiger partial charge in [-0.05, 0) is 36.6 Å². The van der Waals surface area contributed by atoms with E-state index in [9.17, 15) is 19.8 Å². The van der Waals surface area contributed by atoms with Gasteiger partial charge in [0.2, 0.25) is 6.79 Å². The normalized spacial score (nSPS) is 13.7. The number of nitrogens with one attached hydrogen (secondary N) is 1. The van der Waals surface area contributed by atoms with E-state index in [1.807, 2.05) is 97.1 Å². The van der Waals surface area contributed by atoms with Gasteiger partial charge in [0.05, 0.1) is 0 Å². The Bertz CT molecular complexity index is 1860. The highest BCUT2D eigenvalue weighted by atomic mass is 16.7. The molecule has 0 radical (unpaired) electrons. The number of hydrogen-bond donors (Lipinski definition) is 3. The number of hydrogen-bond acceptors (Lipinski definition) is 8. The van der Waals surface area contributed by atoms with Crippen molar-refractivity contribution in [3.8, 4) is 45.5 Å². The summed E-state index contributed by atoms with van der Waals surface area (Å²) >= 11 is 0. The Balaban J connectivity index is 1.40. The number of aromatic nitrogens is 1. The molecule has 4 aromatic carbocycles. The molecule has 0 fully saturated rings. The van der Waals surface area contributed by atoms with Crippen LogP contribution in [0, 0.1) is 0 Å². The Kier molecular flexibility index (Phi) is 8.75. The molecule has 0 spiro atoms. The lowest BCUT2D eigenvalue weighted by molar-refractivity contribution is -0.160. The molecule has 240 valence electrons. The van der Waals surface area contributed by atoms with Crippen molar-refractivity contribution in [2.75, 3.05) is 6.79 Å². The fourth-order valence-electron chi connectivity index (χ4n) is 5.70. The predicted octanol–water partition coefficient (Wildman–Crippen LogP) is 6.95. The van der Waals surface area contributed by atoms with Crippen LogP contribution >= 0.6 is 0 Å². The molecule has 2 aliphatic rings. The van der Waals surface area contributed by atoms with Crippen molar-refractivity contribution in [1.29, 1.82) is 0 Å². The van der Waals surface area contributed by atoms with E-state index in [4.69, 9.17) is 18.9 Å². The van der Waals surface area contributed by atoms with Gasteiger partial charge in [-0.15, -0.1) is 0 Å². The van der Waals surface area contributed by atoms with E-state index in [2.05, 4.69) is 5.32 Å². The van der Waals surface area contributed by atoms with Gasteiger partial charge in [-0.2, -0.15) is 0 Å². The quantitative estimate of drug-likeness (QED) is 0.141. The molecule has 3 heterocycles. The third-order valence-corrected chi connectivity index (χ3v) is 7.96. The Morgan fingerprint density at radius 2 is 1.43 bits per heavy atom.